The van der Waals surface area contributed by atoms with Gasteiger partial charge in [0.1, 0.15) is 12.4 Å². The van der Waals surface area contributed by atoms with Crippen LogP contribution in [0.3, 0.4) is 0 Å². The number of nitrogens with zero attached hydrogens (tertiary/aromatic N) is 1. The molecule has 1 N–H and O–H groups in total. The molecule has 32 heavy (non-hydrogen) atoms. The lowest BCUT2D eigenvalue weighted by Crippen LogP contribution is -2.18. The summed E-state index contributed by atoms with van der Waals surface area (Å²) < 4.78 is 46.0. The number of carbonyl (C=O) groups excluding carboxylic acids is 1. The van der Waals surface area contributed by atoms with Crippen molar-refractivity contribution < 1.29 is 22.7 Å². The first kappa shape index (κ1) is 21.4. The molecular formula is C25H19F3N2O2. The second-order valence-corrected chi connectivity index (χ2v) is 7.24. The van der Waals surface area contributed by atoms with Crippen molar-refractivity contribution in [2.75, 3.05) is 5.32 Å². The van der Waals surface area contributed by atoms with Crippen LogP contribution in [0.1, 0.15) is 27.0 Å². The van der Waals surface area contributed by atoms with E-state index in [0.717, 1.165) is 23.3 Å². The van der Waals surface area contributed by atoms with Gasteiger partial charge < -0.3 is 10.1 Å². The summed E-state index contributed by atoms with van der Waals surface area (Å²) >= 11 is 0. The molecule has 1 aromatic heterocycles. The number of ether oxygens (including phenoxy) is 1. The highest BCUT2D eigenvalue weighted by Gasteiger charge is 2.35. The number of aromatic nitrogens is 1. The zero-order chi connectivity index (χ0) is 22.7. The summed E-state index contributed by atoms with van der Waals surface area (Å²) in [5, 5.41) is 3.23. The van der Waals surface area contributed by atoms with Crippen molar-refractivity contribution >= 4 is 22.5 Å². The average molecular weight is 436 g/mol. The van der Waals surface area contributed by atoms with Gasteiger partial charge in [-0.05, 0) is 36.8 Å². The molecule has 0 unspecified atom stereocenters. The lowest BCUT2D eigenvalue weighted by atomic mass is 10.1. The molecule has 4 nitrogen and oxygen atoms in total. The molecule has 0 fully saturated rings. The Morgan fingerprint density at radius 1 is 0.969 bits per heavy atom. The predicted molar refractivity (Wildman–Crippen MR) is 117 cm³/mol. The number of fused-ring (bicyclic) bond motifs is 1. The Morgan fingerprint density at radius 3 is 2.44 bits per heavy atom. The molecule has 0 saturated carbocycles. The molecule has 0 aliphatic carbocycles. The van der Waals surface area contributed by atoms with Crippen LogP contribution in [0.2, 0.25) is 0 Å². The summed E-state index contributed by atoms with van der Waals surface area (Å²) in [5.74, 6) is -0.259. The number of hydrogen-bond acceptors (Lipinski definition) is 3. The molecule has 0 atom stereocenters. The first-order valence-corrected chi connectivity index (χ1v) is 9.87. The molecule has 7 heteroatoms. The highest BCUT2D eigenvalue weighted by molar-refractivity contribution is 6.09. The molecule has 0 aliphatic rings. The molecule has 0 saturated heterocycles. The van der Waals surface area contributed by atoms with Gasteiger partial charge in [0.25, 0.3) is 5.91 Å². The molecule has 4 aromatic rings. The SMILES string of the molecule is Cc1cnc2c(NC(=O)c3ccccc3C(F)(F)F)cccc2c1OCc1ccccc1. The Bertz CT molecular complexity index is 1270. The van der Waals surface area contributed by atoms with E-state index >= 15 is 0 Å². The number of para-hydroxylation sites is 1. The monoisotopic (exact) mass is 436 g/mol. The lowest BCUT2D eigenvalue weighted by molar-refractivity contribution is -0.137. The van der Waals surface area contributed by atoms with Crippen LogP contribution in [0, 0.1) is 6.92 Å². The van der Waals surface area contributed by atoms with Gasteiger partial charge in [0.15, 0.2) is 0 Å². The first-order valence-electron chi connectivity index (χ1n) is 9.87. The van der Waals surface area contributed by atoms with Gasteiger partial charge in [-0.3, -0.25) is 9.78 Å². The van der Waals surface area contributed by atoms with Gasteiger partial charge in [0.2, 0.25) is 0 Å². The minimum atomic E-state index is -4.64. The van der Waals surface area contributed by atoms with Crippen LogP contribution in [0.4, 0.5) is 18.9 Å². The Kier molecular flexibility index (Phi) is 5.81. The molecule has 0 bridgehead atoms. The minimum Gasteiger partial charge on any atom is -0.488 e. The zero-order valence-electron chi connectivity index (χ0n) is 17.1. The topological polar surface area (TPSA) is 51.2 Å². The molecule has 3 aromatic carbocycles. The molecule has 1 amide bonds. The number of anilines is 1. The summed E-state index contributed by atoms with van der Waals surface area (Å²) in [4.78, 5) is 17.1. The number of amides is 1. The van der Waals surface area contributed by atoms with E-state index in [9.17, 15) is 18.0 Å². The lowest BCUT2D eigenvalue weighted by Gasteiger charge is -2.15. The van der Waals surface area contributed by atoms with Crippen molar-refractivity contribution in [2.24, 2.45) is 0 Å². The predicted octanol–water partition coefficient (Wildman–Crippen LogP) is 6.39. The number of benzene rings is 3. The summed E-state index contributed by atoms with van der Waals surface area (Å²) in [7, 11) is 0. The molecule has 0 spiro atoms. The van der Waals surface area contributed by atoms with E-state index in [2.05, 4.69) is 10.3 Å². The average Bonchev–Trinajstić information content (AvgIpc) is 2.78. The van der Waals surface area contributed by atoms with Crippen LogP contribution >= 0.6 is 0 Å². The summed E-state index contributed by atoms with van der Waals surface area (Å²) in [6.45, 7) is 2.20. The van der Waals surface area contributed by atoms with Crippen LogP contribution < -0.4 is 10.1 Å². The van der Waals surface area contributed by atoms with Crippen molar-refractivity contribution in [3.05, 3.63) is 101 Å². The van der Waals surface area contributed by atoms with Crippen LogP contribution in [-0.4, -0.2) is 10.9 Å². The molecule has 1 heterocycles. The third-order valence-electron chi connectivity index (χ3n) is 4.98. The molecule has 0 aliphatic heterocycles. The number of halogens is 3. The van der Waals surface area contributed by atoms with Gasteiger partial charge in [-0.2, -0.15) is 13.2 Å². The summed E-state index contributed by atoms with van der Waals surface area (Å²) in [6.07, 6.45) is -3.03. The smallest absolute Gasteiger partial charge is 0.417 e. The van der Waals surface area contributed by atoms with E-state index < -0.39 is 23.2 Å². The van der Waals surface area contributed by atoms with E-state index in [4.69, 9.17) is 4.74 Å². The van der Waals surface area contributed by atoms with E-state index in [1.54, 1.807) is 24.4 Å². The van der Waals surface area contributed by atoms with Crippen molar-refractivity contribution in [3.63, 3.8) is 0 Å². The van der Waals surface area contributed by atoms with Crippen LogP contribution in [0.5, 0.6) is 5.75 Å². The first-order chi connectivity index (χ1) is 15.3. The fourth-order valence-corrected chi connectivity index (χ4v) is 3.44. The third kappa shape index (κ3) is 4.42. The van der Waals surface area contributed by atoms with E-state index in [0.29, 0.717) is 28.9 Å². The Labute approximate surface area is 182 Å². The quantitative estimate of drug-likeness (QED) is 0.394. The van der Waals surface area contributed by atoms with E-state index in [-0.39, 0.29) is 0 Å². The number of pyridine rings is 1. The number of hydrogen-bond donors (Lipinski definition) is 1. The zero-order valence-corrected chi connectivity index (χ0v) is 17.1. The normalized spacial score (nSPS) is 11.4. The number of alkyl halides is 3. The number of aryl methyl sites for hydroxylation is 1. The molecule has 0 radical (unpaired) electrons. The van der Waals surface area contributed by atoms with Crippen molar-refractivity contribution in [1.29, 1.82) is 0 Å². The Morgan fingerprint density at radius 2 is 1.69 bits per heavy atom. The molecule has 162 valence electrons. The van der Waals surface area contributed by atoms with Gasteiger partial charge in [0.05, 0.1) is 22.3 Å². The Hall–Kier alpha value is -3.87. The van der Waals surface area contributed by atoms with Gasteiger partial charge >= 0.3 is 6.18 Å². The van der Waals surface area contributed by atoms with Crippen LogP contribution in [-0.2, 0) is 12.8 Å². The van der Waals surface area contributed by atoms with E-state index in [1.807, 2.05) is 37.3 Å². The van der Waals surface area contributed by atoms with E-state index in [1.165, 1.54) is 12.1 Å². The fourth-order valence-electron chi connectivity index (χ4n) is 3.44. The van der Waals surface area contributed by atoms with Crippen molar-refractivity contribution in [2.45, 2.75) is 19.7 Å². The van der Waals surface area contributed by atoms with Crippen LogP contribution in [0.25, 0.3) is 10.9 Å². The maximum atomic E-state index is 13.3. The van der Waals surface area contributed by atoms with Gasteiger partial charge in [0, 0.05) is 17.1 Å². The highest BCUT2D eigenvalue weighted by atomic mass is 19.4. The van der Waals surface area contributed by atoms with Gasteiger partial charge in [-0.1, -0.05) is 48.5 Å². The minimum absolute atomic E-state index is 0.300. The third-order valence-corrected chi connectivity index (χ3v) is 4.98. The number of carbonyl (C=O) groups is 1. The Balaban J connectivity index is 1.67. The molecule has 4 rings (SSSR count). The maximum absolute atomic E-state index is 13.3. The van der Waals surface area contributed by atoms with Crippen molar-refractivity contribution in [1.82, 2.24) is 4.98 Å². The van der Waals surface area contributed by atoms with Gasteiger partial charge in [-0.25, -0.2) is 0 Å². The summed E-state index contributed by atoms with van der Waals surface area (Å²) in [5.41, 5.74) is 1.08. The number of rotatable bonds is 5. The second-order valence-electron chi connectivity index (χ2n) is 7.24. The number of nitrogens with one attached hydrogen (secondary N) is 1. The highest BCUT2D eigenvalue weighted by Crippen LogP contribution is 2.34. The maximum Gasteiger partial charge on any atom is 0.417 e. The molecular weight excluding hydrogens is 417 g/mol. The van der Waals surface area contributed by atoms with Crippen molar-refractivity contribution in [3.8, 4) is 5.75 Å². The standard InChI is InChI=1S/C25H19F3N2O2/c1-16-14-29-22-19(23(16)32-15-17-8-3-2-4-9-17)11-7-13-21(22)30-24(31)18-10-5-6-12-20(18)25(26,27)28/h2-14H,15H2,1H3,(H,30,31). The summed E-state index contributed by atoms with van der Waals surface area (Å²) in [6, 6.07) is 19.4. The second kappa shape index (κ2) is 8.70. The fraction of sp³-hybridized carbons (Fsp3) is 0.120. The largest absolute Gasteiger partial charge is 0.488 e. The van der Waals surface area contributed by atoms with Crippen LogP contribution in [0.15, 0.2) is 79.0 Å². The van der Waals surface area contributed by atoms with Gasteiger partial charge in [-0.15, -0.1) is 0 Å².